The van der Waals surface area contributed by atoms with Crippen LogP contribution in [-0.2, 0) is 24.4 Å². The molecular weight excluding hydrogens is 712 g/mol. The molecule has 53 heavy (non-hydrogen) atoms. The summed E-state index contributed by atoms with van der Waals surface area (Å²) in [4.78, 5) is 22.3. The standard InChI is InChI=1S/C43H42Cl2FN3O4/c1-29-24-35(25-40(45)42(29)53-41-17-16-38(26-47-41)52-28-34-6-4-5-7-39(34)44)30(2)31(3)43(50)49-21-19-48(20-22-49)27-33-10-8-32(9-11-33)18-23-51-37-14-12-36(46)13-15-37/h4-17,24-26H,18-23,27-28H2,1-3H3/b31-30+. The fraction of sp³-hybridized carbons (Fsp3) is 0.256. The molecule has 274 valence electrons. The molecule has 0 spiro atoms. The topological polar surface area (TPSA) is 64.1 Å². The van der Waals surface area contributed by atoms with Crippen LogP contribution >= 0.6 is 23.2 Å². The van der Waals surface area contributed by atoms with E-state index in [9.17, 15) is 9.18 Å². The molecule has 4 aromatic carbocycles. The summed E-state index contributed by atoms with van der Waals surface area (Å²) in [5, 5.41) is 1.08. The minimum absolute atomic E-state index is 0.0319. The first-order valence-electron chi connectivity index (χ1n) is 17.6. The third-order valence-corrected chi connectivity index (χ3v) is 10.0. The second kappa shape index (κ2) is 17.8. The highest BCUT2D eigenvalue weighted by Gasteiger charge is 2.24. The first-order chi connectivity index (χ1) is 25.6. The lowest BCUT2D eigenvalue weighted by Crippen LogP contribution is -2.48. The molecule has 1 aromatic heterocycles. The van der Waals surface area contributed by atoms with E-state index >= 15 is 0 Å². The number of hydrogen-bond acceptors (Lipinski definition) is 6. The molecule has 6 rings (SSSR count). The summed E-state index contributed by atoms with van der Waals surface area (Å²) in [6, 6.07) is 29.5. The van der Waals surface area contributed by atoms with Crippen molar-refractivity contribution in [2.45, 2.75) is 40.3 Å². The molecule has 0 saturated carbocycles. The van der Waals surface area contributed by atoms with E-state index in [0.717, 1.165) is 48.3 Å². The van der Waals surface area contributed by atoms with E-state index in [0.29, 0.717) is 65.1 Å². The average molecular weight is 755 g/mol. The van der Waals surface area contributed by atoms with Gasteiger partial charge in [-0.05, 0) is 97.1 Å². The molecule has 1 aliphatic heterocycles. The fourth-order valence-electron chi connectivity index (χ4n) is 6.08. The van der Waals surface area contributed by atoms with Crippen molar-refractivity contribution in [3.8, 4) is 23.1 Å². The van der Waals surface area contributed by atoms with Crippen LogP contribution in [0, 0.1) is 12.7 Å². The predicted octanol–water partition coefficient (Wildman–Crippen LogP) is 9.97. The number of aryl methyl sites for hydroxylation is 1. The lowest BCUT2D eigenvalue weighted by Gasteiger charge is -2.35. The Bertz CT molecular complexity index is 2020. The number of pyridine rings is 1. The average Bonchev–Trinajstić information content (AvgIpc) is 3.17. The molecule has 1 saturated heterocycles. The summed E-state index contributed by atoms with van der Waals surface area (Å²) in [6.45, 7) is 10.3. The Morgan fingerprint density at radius 3 is 2.19 bits per heavy atom. The van der Waals surface area contributed by atoms with Gasteiger partial charge in [-0.25, -0.2) is 9.37 Å². The SMILES string of the molecule is C/C(C(=O)N1CCN(Cc2ccc(CCOc3ccc(F)cc3)cc2)CC1)=C(/C)c1cc(C)c(Oc2ccc(OCc3ccccc3Cl)cn2)c(Cl)c1. The van der Waals surface area contributed by atoms with Crippen LogP contribution in [0.25, 0.3) is 5.57 Å². The van der Waals surface area contributed by atoms with Crippen LogP contribution < -0.4 is 14.2 Å². The van der Waals surface area contributed by atoms with E-state index in [2.05, 4.69) is 34.1 Å². The van der Waals surface area contributed by atoms with Gasteiger partial charge < -0.3 is 19.1 Å². The molecule has 5 aromatic rings. The van der Waals surface area contributed by atoms with Gasteiger partial charge in [0.15, 0.2) is 5.75 Å². The van der Waals surface area contributed by atoms with Gasteiger partial charge in [0.1, 0.15) is 23.9 Å². The Kier molecular flexibility index (Phi) is 12.7. The molecule has 0 N–H and O–H groups in total. The molecule has 0 aliphatic carbocycles. The summed E-state index contributed by atoms with van der Waals surface area (Å²) < 4.78 is 30.7. The zero-order chi connectivity index (χ0) is 37.3. The largest absolute Gasteiger partial charge is 0.493 e. The summed E-state index contributed by atoms with van der Waals surface area (Å²) >= 11 is 13.0. The van der Waals surface area contributed by atoms with Crippen molar-refractivity contribution < 1.29 is 23.4 Å². The van der Waals surface area contributed by atoms with Crippen molar-refractivity contribution in [1.29, 1.82) is 0 Å². The molecule has 1 aliphatic rings. The monoisotopic (exact) mass is 753 g/mol. The highest BCUT2D eigenvalue weighted by atomic mass is 35.5. The number of rotatable bonds is 13. The number of carbonyl (C=O) groups excluding carboxylic acids is 1. The van der Waals surface area contributed by atoms with Crippen molar-refractivity contribution in [2.75, 3.05) is 32.8 Å². The third kappa shape index (κ3) is 10.2. The molecule has 1 fully saturated rings. The number of benzene rings is 4. The lowest BCUT2D eigenvalue weighted by molar-refractivity contribution is -0.128. The maximum absolute atomic E-state index is 13.6. The minimum atomic E-state index is -0.274. The maximum Gasteiger partial charge on any atom is 0.249 e. The molecular formula is C43H42Cl2FN3O4. The Hall–Kier alpha value is -4.89. The van der Waals surface area contributed by atoms with Gasteiger partial charge in [-0.1, -0.05) is 65.7 Å². The highest BCUT2D eigenvalue weighted by molar-refractivity contribution is 6.32. The van der Waals surface area contributed by atoms with Crippen LogP contribution in [0.2, 0.25) is 10.0 Å². The smallest absolute Gasteiger partial charge is 0.249 e. The second-order valence-corrected chi connectivity index (χ2v) is 13.9. The van der Waals surface area contributed by atoms with E-state index < -0.39 is 0 Å². The van der Waals surface area contributed by atoms with E-state index in [1.807, 2.05) is 62.1 Å². The number of allylic oxidation sites excluding steroid dienone is 1. The van der Waals surface area contributed by atoms with E-state index in [-0.39, 0.29) is 11.7 Å². The Labute approximate surface area is 320 Å². The van der Waals surface area contributed by atoms with Gasteiger partial charge in [-0.2, -0.15) is 0 Å². The van der Waals surface area contributed by atoms with Crippen molar-refractivity contribution in [3.63, 3.8) is 0 Å². The third-order valence-electron chi connectivity index (χ3n) is 9.38. The van der Waals surface area contributed by atoms with Crippen molar-refractivity contribution in [3.05, 3.63) is 153 Å². The fourth-order valence-corrected chi connectivity index (χ4v) is 6.58. The first kappa shape index (κ1) is 37.9. The van der Waals surface area contributed by atoms with Gasteiger partial charge in [0.05, 0.1) is 17.8 Å². The number of aromatic nitrogens is 1. The van der Waals surface area contributed by atoms with E-state index in [1.165, 1.54) is 23.3 Å². The van der Waals surface area contributed by atoms with Crippen LogP contribution in [0.1, 0.15) is 41.7 Å². The molecule has 0 unspecified atom stereocenters. The van der Waals surface area contributed by atoms with Gasteiger partial charge in [-0.3, -0.25) is 9.69 Å². The van der Waals surface area contributed by atoms with Gasteiger partial charge in [0.2, 0.25) is 11.8 Å². The minimum Gasteiger partial charge on any atom is -0.493 e. The molecule has 0 bridgehead atoms. The van der Waals surface area contributed by atoms with Crippen LogP contribution in [-0.4, -0.2) is 53.5 Å². The lowest BCUT2D eigenvalue weighted by atomic mass is 9.99. The number of amides is 1. The zero-order valence-corrected chi connectivity index (χ0v) is 31.6. The molecule has 0 atom stereocenters. The van der Waals surface area contributed by atoms with Gasteiger partial charge >= 0.3 is 0 Å². The summed E-state index contributed by atoms with van der Waals surface area (Å²) in [6.07, 6.45) is 2.37. The quantitative estimate of drug-likeness (QED) is 0.112. The van der Waals surface area contributed by atoms with Crippen molar-refractivity contribution in [1.82, 2.24) is 14.8 Å². The van der Waals surface area contributed by atoms with Crippen molar-refractivity contribution >= 4 is 34.7 Å². The molecule has 7 nitrogen and oxygen atoms in total. The number of piperazine rings is 1. The predicted molar refractivity (Wildman–Crippen MR) is 208 cm³/mol. The van der Waals surface area contributed by atoms with Crippen molar-refractivity contribution in [2.24, 2.45) is 0 Å². The molecule has 2 heterocycles. The van der Waals surface area contributed by atoms with Crippen LogP contribution in [0.4, 0.5) is 4.39 Å². The van der Waals surface area contributed by atoms with E-state index in [1.54, 1.807) is 30.5 Å². The summed E-state index contributed by atoms with van der Waals surface area (Å²) in [7, 11) is 0. The van der Waals surface area contributed by atoms with Crippen LogP contribution in [0.15, 0.2) is 109 Å². The van der Waals surface area contributed by atoms with Gasteiger partial charge in [-0.15, -0.1) is 0 Å². The van der Waals surface area contributed by atoms with Gasteiger partial charge in [0, 0.05) is 61.4 Å². The summed E-state index contributed by atoms with van der Waals surface area (Å²) in [5.41, 5.74) is 6.55. The first-order valence-corrected chi connectivity index (χ1v) is 18.3. The number of ether oxygens (including phenoxy) is 3. The van der Waals surface area contributed by atoms with Gasteiger partial charge in [0.25, 0.3) is 0 Å². The number of halogens is 3. The Morgan fingerprint density at radius 2 is 1.51 bits per heavy atom. The normalized spacial score (nSPS) is 13.7. The maximum atomic E-state index is 13.6. The molecule has 10 heteroatoms. The Balaban J connectivity index is 0.982. The van der Waals surface area contributed by atoms with E-state index in [4.69, 9.17) is 37.4 Å². The van der Waals surface area contributed by atoms with Crippen LogP contribution in [0.3, 0.4) is 0 Å². The summed E-state index contributed by atoms with van der Waals surface area (Å²) in [5.74, 6) is 1.90. The number of hydrogen-bond donors (Lipinski definition) is 0. The molecule has 1 amide bonds. The molecule has 0 radical (unpaired) electrons. The number of nitrogens with zero attached hydrogens (tertiary/aromatic N) is 3. The second-order valence-electron chi connectivity index (χ2n) is 13.1. The highest BCUT2D eigenvalue weighted by Crippen LogP contribution is 2.36. The zero-order valence-electron chi connectivity index (χ0n) is 30.1. The Morgan fingerprint density at radius 1 is 0.811 bits per heavy atom. The van der Waals surface area contributed by atoms with Crippen LogP contribution in [0.5, 0.6) is 23.1 Å². The number of carbonyl (C=O) groups is 1.